The second-order valence-electron chi connectivity index (χ2n) is 20.4. The van der Waals surface area contributed by atoms with Crippen molar-refractivity contribution in [2.45, 2.75) is 31.2 Å². The van der Waals surface area contributed by atoms with E-state index in [0.29, 0.717) is 0 Å². The van der Waals surface area contributed by atoms with E-state index in [1.807, 2.05) is 12.2 Å². The van der Waals surface area contributed by atoms with Crippen molar-refractivity contribution in [3.05, 3.63) is 295 Å². The SMILES string of the molecule is C=CC1=Cc2c(n(-c3ccccc3)c3ccc(N(c4ccccc4)c4ccc(-c5ccc(N(C6=Cc7c(n(-c8ccccc8)c8c7cc(C=C)c7ccccc78)CC6)C6C=CC=CC6)cc5)cc4)cc23)C2C=CC=CC12. The Bertz CT molecular complexity index is 4100. The number of fused-ring (bicyclic) bond motifs is 10. The number of rotatable bonds is 11. The molecule has 0 N–H and O–H groups in total. The van der Waals surface area contributed by atoms with Crippen LogP contribution in [0.2, 0.25) is 0 Å². The highest BCUT2D eigenvalue weighted by molar-refractivity contribution is 6.13. The summed E-state index contributed by atoms with van der Waals surface area (Å²) in [5.41, 5.74) is 20.6. The normalized spacial score (nSPS) is 17.2. The van der Waals surface area contributed by atoms with Crippen molar-refractivity contribution in [2.24, 2.45) is 5.92 Å². The highest BCUT2D eigenvalue weighted by atomic mass is 15.2. The van der Waals surface area contributed by atoms with Crippen LogP contribution in [0.4, 0.5) is 22.7 Å². The van der Waals surface area contributed by atoms with Crippen LogP contribution >= 0.6 is 0 Å². The summed E-state index contributed by atoms with van der Waals surface area (Å²) < 4.78 is 5.00. The van der Waals surface area contributed by atoms with Crippen molar-refractivity contribution in [3.8, 4) is 22.5 Å². The Morgan fingerprint density at radius 1 is 0.474 bits per heavy atom. The zero-order valence-corrected chi connectivity index (χ0v) is 42.4. The van der Waals surface area contributed by atoms with E-state index in [1.165, 1.54) is 94.6 Å². The van der Waals surface area contributed by atoms with E-state index >= 15 is 0 Å². The van der Waals surface area contributed by atoms with E-state index in [2.05, 4.69) is 281 Å². The van der Waals surface area contributed by atoms with Crippen molar-refractivity contribution in [2.75, 3.05) is 9.80 Å². The van der Waals surface area contributed by atoms with Crippen LogP contribution in [0.3, 0.4) is 0 Å². The minimum absolute atomic E-state index is 0.193. The summed E-state index contributed by atoms with van der Waals surface area (Å²) >= 11 is 0. The van der Waals surface area contributed by atoms with Gasteiger partial charge in [-0.3, -0.25) is 0 Å². The largest absolute Gasteiger partial charge is 0.338 e. The summed E-state index contributed by atoms with van der Waals surface area (Å²) in [5.74, 6) is 0.443. The first-order chi connectivity index (χ1) is 37.6. The first kappa shape index (κ1) is 45.3. The van der Waals surface area contributed by atoms with Gasteiger partial charge in [-0.05, 0) is 144 Å². The van der Waals surface area contributed by atoms with Crippen molar-refractivity contribution in [1.29, 1.82) is 0 Å². The lowest BCUT2D eigenvalue weighted by molar-refractivity contribution is 0.641. The molecule has 3 unspecified atom stereocenters. The van der Waals surface area contributed by atoms with E-state index in [1.54, 1.807) is 0 Å². The molecule has 4 heteroatoms. The molecule has 2 heterocycles. The van der Waals surface area contributed by atoms with Gasteiger partial charge in [0.1, 0.15) is 0 Å². The van der Waals surface area contributed by atoms with Crippen LogP contribution in [0.5, 0.6) is 0 Å². The lowest BCUT2D eigenvalue weighted by Crippen LogP contribution is -2.34. The third-order valence-corrected chi connectivity index (χ3v) is 16.2. The Hall–Kier alpha value is -9.38. The average Bonchev–Trinajstić information content (AvgIpc) is 4.16. The highest BCUT2D eigenvalue weighted by Crippen LogP contribution is 2.49. The first-order valence-electron chi connectivity index (χ1n) is 26.7. The molecular formula is C72H56N4. The molecule has 4 aliphatic rings. The van der Waals surface area contributed by atoms with Gasteiger partial charge in [-0.1, -0.05) is 177 Å². The van der Waals surface area contributed by atoms with Gasteiger partial charge in [0.15, 0.2) is 0 Å². The fraction of sp³-hybridized carbons (Fsp3) is 0.0833. The summed E-state index contributed by atoms with van der Waals surface area (Å²) in [6.45, 7) is 8.54. The molecule has 0 amide bonds. The number of anilines is 4. The lowest BCUT2D eigenvalue weighted by atomic mass is 9.75. The fourth-order valence-electron chi connectivity index (χ4n) is 12.8. The standard InChI is InChI=1S/C72H56N4/c1-3-49-45-67-65-47-59(41-43-69(65)75(55-25-13-7-14-26-55)71(67)63-31-19-17-29-61(49)63)73(53-21-9-5-10-22-53)57-37-33-51(34-38-57)52-35-39-58(40-36-52)74(54-23-11-6-12-24-54)60-42-44-70-66(48-60)68-46-50(4-2)62-30-18-20-32-64(62)72(68)76(70)56-27-15-8-16-28-56/h3-23,25-41,43,45-48,54,61,63H,1-2,24,42,44H2. The van der Waals surface area contributed by atoms with Crippen LogP contribution in [0.25, 0.3) is 73.3 Å². The van der Waals surface area contributed by atoms with Gasteiger partial charge in [-0.2, -0.15) is 0 Å². The maximum atomic E-state index is 4.28. The monoisotopic (exact) mass is 976 g/mol. The summed E-state index contributed by atoms with van der Waals surface area (Å²) in [4.78, 5) is 4.97. The molecule has 4 nitrogen and oxygen atoms in total. The molecule has 10 aromatic rings. The van der Waals surface area contributed by atoms with Crippen molar-refractivity contribution in [3.63, 3.8) is 0 Å². The molecule has 0 saturated carbocycles. The smallest absolute Gasteiger partial charge is 0.0616 e. The number of nitrogens with zero attached hydrogens (tertiary/aromatic N) is 4. The zero-order valence-electron chi connectivity index (χ0n) is 42.4. The Balaban J connectivity index is 0.830. The maximum Gasteiger partial charge on any atom is 0.0616 e. The Morgan fingerprint density at radius 3 is 1.78 bits per heavy atom. The lowest BCUT2D eigenvalue weighted by Gasteiger charge is -2.36. The molecule has 76 heavy (non-hydrogen) atoms. The molecule has 0 bridgehead atoms. The van der Waals surface area contributed by atoms with E-state index in [4.69, 9.17) is 0 Å². The third-order valence-electron chi connectivity index (χ3n) is 16.2. The topological polar surface area (TPSA) is 16.3 Å². The third kappa shape index (κ3) is 7.51. The summed E-state index contributed by atoms with van der Waals surface area (Å²) in [6.07, 6.45) is 29.8. The van der Waals surface area contributed by atoms with Gasteiger partial charge in [0.05, 0.1) is 17.1 Å². The van der Waals surface area contributed by atoms with Gasteiger partial charge in [0, 0.05) is 90.3 Å². The number of aromatic nitrogens is 2. The highest BCUT2D eigenvalue weighted by Gasteiger charge is 2.34. The van der Waals surface area contributed by atoms with Gasteiger partial charge < -0.3 is 18.9 Å². The number of para-hydroxylation sites is 3. The molecule has 14 rings (SSSR count). The second kappa shape index (κ2) is 18.8. The molecule has 0 fully saturated rings. The number of benzene rings is 8. The Morgan fingerprint density at radius 2 is 1.09 bits per heavy atom. The zero-order chi connectivity index (χ0) is 50.7. The van der Waals surface area contributed by atoms with Crippen molar-refractivity contribution < 1.29 is 0 Å². The van der Waals surface area contributed by atoms with Crippen molar-refractivity contribution >= 4 is 73.6 Å². The van der Waals surface area contributed by atoms with Crippen LogP contribution in [0, 0.1) is 5.92 Å². The quantitative estimate of drug-likeness (QED) is 0.128. The van der Waals surface area contributed by atoms with Crippen LogP contribution in [-0.4, -0.2) is 15.2 Å². The number of allylic oxidation sites excluding steroid dienone is 9. The average molecular weight is 977 g/mol. The van der Waals surface area contributed by atoms with E-state index < -0.39 is 0 Å². The predicted octanol–water partition coefficient (Wildman–Crippen LogP) is 18.6. The van der Waals surface area contributed by atoms with Crippen LogP contribution < -0.4 is 9.80 Å². The van der Waals surface area contributed by atoms with Gasteiger partial charge in [0.2, 0.25) is 0 Å². The molecule has 0 aliphatic heterocycles. The van der Waals surface area contributed by atoms with Crippen LogP contribution in [0.1, 0.15) is 46.8 Å². The summed E-state index contributed by atoms with van der Waals surface area (Å²) in [6, 6.07) is 69.1. The molecular weight excluding hydrogens is 921 g/mol. The molecule has 0 saturated heterocycles. The predicted molar refractivity (Wildman–Crippen MR) is 322 cm³/mol. The Kier molecular flexibility index (Phi) is 11.2. The van der Waals surface area contributed by atoms with Crippen LogP contribution in [0.15, 0.2) is 267 Å². The minimum Gasteiger partial charge on any atom is -0.338 e. The summed E-state index contributed by atoms with van der Waals surface area (Å²) in [5, 5.41) is 4.97. The van der Waals surface area contributed by atoms with Gasteiger partial charge in [0.25, 0.3) is 0 Å². The van der Waals surface area contributed by atoms with Crippen LogP contribution in [-0.2, 0) is 6.42 Å². The number of hydrogen-bond acceptors (Lipinski definition) is 2. The molecule has 0 radical (unpaired) electrons. The van der Waals surface area contributed by atoms with Gasteiger partial charge >= 0.3 is 0 Å². The minimum atomic E-state index is 0.193. The molecule has 4 aliphatic carbocycles. The first-order valence-corrected chi connectivity index (χ1v) is 26.7. The molecule has 8 aromatic carbocycles. The van der Waals surface area contributed by atoms with E-state index in [0.717, 1.165) is 41.9 Å². The summed E-state index contributed by atoms with van der Waals surface area (Å²) in [7, 11) is 0. The molecule has 2 aromatic heterocycles. The van der Waals surface area contributed by atoms with Gasteiger partial charge in [-0.15, -0.1) is 0 Å². The number of hydrogen-bond donors (Lipinski definition) is 0. The van der Waals surface area contributed by atoms with Crippen molar-refractivity contribution in [1.82, 2.24) is 9.13 Å². The molecule has 364 valence electrons. The molecule has 3 atom stereocenters. The van der Waals surface area contributed by atoms with Gasteiger partial charge in [-0.25, -0.2) is 0 Å². The maximum absolute atomic E-state index is 4.28. The second-order valence-corrected chi connectivity index (χ2v) is 20.4. The Labute approximate surface area is 445 Å². The fourth-order valence-corrected chi connectivity index (χ4v) is 12.8. The van der Waals surface area contributed by atoms with E-state index in [-0.39, 0.29) is 17.9 Å². The molecule has 0 spiro atoms. The van der Waals surface area contributed by atoms with E-state index in [9.17, 15) is 0 Å².